The lowest BCUT2D eigenvalue weighted by molar-refractivity contribution is -0.131. The van der Waals surface area contributed by atoms with Gasteiger partial charge in [0.25, 0.3) is 0 Å². The fraction of sp³-hybridized carbons (Fsp3) is 0.140. The van der Waals surface area contributed by atoms with Crippen LogP contribution in [0.15, 0.2) is 330 Å². The first-order valence-electron chi connectivity index (χ1n) is 42.5. The van der Waals surface area contributed by atoms with Crippen LogP contribution >= 0.6 is 0 Å². The Bertz CT molecular complexity index is 6240. The van der Waals surface area contributed by atoms with Crippen LogP contribution in [-0.2, 0) is 54.5 Å². The molecule has 0 unspecified atom stereocenters. The molecule has 0 radical (unpaired) electrons. The van der Waals surface area contributed by atoms with Crippen LogP contribution in [0.1, 0.15) is 86.1 Å². The predicted molar refractivity (Wildman–Crippen MR) is 534 cm³/mol. The Labute approximate surface area is 773 Å². The van der Waals surface area contributed by atoms with E-state index in [9.17, 15) is 46.3 Å². The maximum Gasteiger partial charge on any atom is 0.338 e. The largest absolute Gasteiger partial charge is 0.423 e. The number of aryl methyl sites for hydroxylation is 4. The normalized spacial score (nSPS) is 11.2. The average molecular weight is 1800 g/mol. The minimum Gasteiger partial charge on any atom is -0.423 e. The Morgan fingerprint density at radius 1 is 0.265 bits per heavy atom. The van der Waals surface area contributed by atoms with Crippen molar-refractivity contribution in [3.63, 3.8) is 0 Å². The molecule has 0 aromatic heterocycles. The van der Waals surface area contributed by atoms with E-state index >= 15 is 0 Å². The molecule has 2 aliphatic carbocycles. The summed E-state index contributed by atoms with van der Waals surface area (Å²) in [5.41, 5.74) is 23.8. The minimum absolute atomic E-state index is 0.00296. The molecule has 0 N–H and O–H groups in total. The van der Waals surface area contributed by atoms with Crippen molar-refractivity contribution in [2.24, 2.45) is 0 Å². The predicted octanol–water partition coefficient (Wildman–Crippen LogP) is 27.4. The third-order valence-corrected chi connectivity index (χ3v) is 25.4. The highest BCUT2D eigenvalue weighted by atomic mass is 28.3. The molecule has 0 spiro atoms. The van der Waals surface area contributed by atoms with Crippen molar-refractivity contribution in [1.82, 2.24) is 0 Å². The van der Waals surface area contributed by atoms with Crippen molar-refractivity contribution < 1.29 is 74.8 Å². The molecule has 0 amide bonds. The molecule has 14 rings (SSSR count). The summed E-state index contributed by atoms with van der Waals surface area (Å²) < 4.78 is 88.1. The lowest BCUT2D eigenvalue weighted by Gasteiger charge is -2.30. The maximum absolute atomic E-state index is 14.5. The van der Waals surface area contributed by atoms with E-state index in [0.717, 1.165) is 100 Å². The second-order valence-electron chi connectivity index (χ2n) is 34.2. The second-order valence-corrected chi connectivity index (χ2v) is 44.2. The van der Waals surface area contributed by atoms with E-state index in [0.29, 0.717) is 50.9 Å². The second kappa shape index (κ2) is 43.9. The first-order chi connectivity index (χ1) is 62.5. The molecule has 0 saturated carbocycles. The van der Waals surface area contributed by atoms with Gasteiger partial charge in [-0.05, 0) is 263 Å². The Balaban J connectivity index is 0.000000175. The number of hydrogen-bond donors (Lipinski definition) is 0. The Morgan fingerprint density at radius 3 is 0.818 bits per heavy atom. The highest BCUT2D eigenvalue weighted by molar-refractivity contribution is 6.91. The van der Waals surface area contributed by atoms with Gasteiger partial charge in [0, 0.05) is 39.0 Å². The van der Waals surface area contributed by atoms with Gasteiger partial charge in [0.1, 0.15) is 28.8 Å². The highest BCUT2D eigenvalue weighted by Gasteiger charge is 2.31. The maximum atomic E-state index is 14.5. The molecule has 18 heteroatoms. The van der Waals surface area contributed by atoms with Crippen molar-refractivity contribution in [2.75, 3.05) is 0 Å². The molecule has 12 aromatic carbocycles. The van der Waals surface area contributed by atoms with Crippen LogP contribution in [0.5, 0.6) is 34.5 Å². The highest BCUT2D eigenvalue weighted by Crippen LogP contribution is 2.46. The summed E-state index contributed by atoms with van der Waals surface area (Å²) in [6.45, 7) is 59.7. The van der Waals surface area contributed by atoms with Crippen LogP contribution < -0.4 is 38.8 Å². The van der Waals surface area contributed by atoms with E-state index in [1.165, 1.54) is 85.9 Å². The summed E-state index contributed by atoms with van der Waals surface area (Å²) in [5, 5.41) is 2.72. The first kappa shape index (κ1) is 99.2. The summed E-state index contributed by atoms with van der Waals surface area (Å²) in [6, 6.07) is 71.0. The van der Waals surface area contributed by atoms with Gasteiger partial charge in [-0.15, -0.1) is 0 Å². The van der Waals surface area contributed by atoms with E-state index in [2.05, 4.69) is 170 Å². The zero-order valence-corrected chi connectivity index (χ0v) is 78.6. The molecule has 12 nitrogen and oxygen atoms in total. The van der Waals surface area contributed by atoms with Gasteiger partial charge < -0.3 is 28.4 Å². The van der Waals surface area contributed by atoms with Crippen molar-refractivity contribution >= 4 is 86.6 Å². The number of rotatable bonds is 24. The zero-order chi connectivity index (χ0) is 96.3. The molecule has 0 aliphatic heterocycles. The fourth-order valence-corrected chi connectivity index (χ4v) is 17.4. The SMILES string of the molecule is C=C(C)C(=O)Oc1cc2c3c(c1)CCc1cc(OC(=O)C(=C)C)cc(c1-3)CC2.C=C(C)C(=O)Oc1ccc(-c2cc(F)c(OC(=O)C(=C)C)c(F)c2)cc1F.C=C(C)C(=O)Oc1ccc(-c2cc([Si](C)(C)C)c(-c3ccc(OC(=O)C(=C)C)cc3)cc2[Si](C)(C)C)cc1.C=Cc1ccc(-c2ccc(-c3ccc(C=C)cc3)c(F)c2)cc1.C=Cc1ccc(-c2ccc(C=C)cc2)cc1. The number of esters is 6. The number of hydrogen-bond acceptors (Lipinski definition) is 12. The summed E-state index contributed by atoms with van der Waals surface area (Å²) in [7, 11) is -3.54. The van der Waals surface area contributed by atoms with E-state index in [4.69, 9.17) is 23.7 Å². The van der Waals surface area contributed by atoms with E-state index in [1.807, 2.05) is 146 Å². The fourth-order valence-electron chi connectivity index (χ4n) is 14.2. The topological polar surface area (TPSA) is 158 Å². The molecule has 0 saturated heterocycles. The number of benzene rings is 12. The smallest absolute Gasteiger partial charge is 0.338 e. The quantitative estimate of drug-likeness (QED) is 0.0186. The van der Waals surface area contributed by atoms with E-state index < -0.39 is 75.2 Å². The van der Waals surface area contributed by atoms with Crippen LogP contribution in [0, 0.1) is 23.3 Å². The molecule has 12 aromatic rings. The number of carbonyl (C=O) groups is 6. The summed E-state index contributed by atoms with van der Waals surface area (Å²) in [6.07, 6.45) is 10.7. The van der Waals surface area contributed by atoms with Gasteiger partial charge in [-0.1, -0.05) is 291 Å². The Morgan fingerprint density at radius 2 is 0.515 bits per heavy atom. The van der Waals surface area contributed by atoms with Crippen molar-refractivity contribution in [3.05, 3.63) is 398 Å². The van der Waals surface area contributed by atoms with E-state index in [1.54, 1.807) is 45.9 Å². The Kier molecular flexibility index (Phi) is 33.0. The zero-order valence-electron chi connectivity index (χ0n) is 76.6. The first-order valence-corrected chi connectivity index (χ1v) is 49.5. The van der Waals surface area contributed by atoms with Crippen LogP contribution in [0.3, 0.4) is 0 Å². The number of halogens is 4. The summed E-state index contributed by atoms with van der Waals surface area (Å²) in [4.78, 5) is 70.6. The van der Waals surface area contributed by atoms with Crippen LogP contribution in [-0.4, -0.2) is 52.0 Å². The molecular weight excluding hydrogens is 1690 g/mol. The van der Waals surface area contributed by atoms with Gasteiger partial charge in [-0.2, -0.15) is 0 Å². The van der Waals surface area contributed by atoms with Gasteiger partial charge in [-0.3, -0.25) is 0 Å². The third kappa shape index (κ3) is 25.7. The van der Waals surface area contributed by atoms with Gasteiger partial charge in [0.05, 0.1) is 16.1 Å². The average Bonchev–Trinajstić information content (AvgIpc) is 0.738. The van der Waals surface area contributed by atoms with Crippen LogP contribution in [0.2, 0.25) is 39.3 Å². The van der Waals surface area contributed by atoms with Gasteiger partial charge in [0.15, 0.2) is 23.2 Å². The minimum atomic E-state index is -1.77. The molecule has 0 bridgehead atoms. The van der Waals surface area contributed by atoms with Crippen molar-refractivity contribution in [2.45, 2.75) is 107 Å². The summed E-state index contributed by atoms with van der Waals surface area (Å²) >= 11 is 0. The van der Waals surface area contributed by atoms with Crippen molar-refractivity contribution in [1.29, 1.82) is 0 Å². The molecule has 670 valence electrons. The molecular formula is C114H106F4O12Si2. The molecule has 132 heavy (non-hydrogen) atoms. The molecule has 0 fully saturated rings. The lowest BCUT2D eigenvalue weighted by atomic mass is 9.75. The van der Waals surface area contributed by atoms with Gasteiger partial charge in [0.2, 0.25) is 5.75 Å². The van der Waals surface area contributed by atoms with Gasteiger partial charge in [-0.25, -0.2) is 46.3 Å². The van der Waals surface area contributed by atoms with E-state index in [-0.39, 0.29) is 33.8 Å². The molecule has 0 atom stereocenters. The van der Waals surface area contributed by atoms with Crippen LogP contribution in [0.25, 0.3) is 102 Å². The molecule has 2 aliphatic rings. The van der Waals surface area contributed by atoms with Gasteiger partial charge >= 0.3 is 35.8 Å². The lowest BCUT2D eigenvalue weighted by Crippen LogP contribution is -2.44. The number of ether oxygens (including phenoxy) is 6. The number of carbonyl (C=O) groups excluding carboxylic acids is 6. The summed E-state index contributed by atoms with van der Waals surface area (Å²) in [5.74, 6) is -5.88. The standard InChI is InChI=1S/C32H38O4Si2.C24H22O4.C22H17F.C20H15F3O4.C16H14/c1-21(2)31(33)35-25-15-11-23(12-16-25)27-19-30(38(8,9)10)28(20-29(27)37(5,6)7)24-13-17-26(18-14-24)36-32(34)22(3)4;1-13(2)23(25)27-19-9-15-5-7-17-11-20(28-24(26)14(3)4)12-18-8-6-16(10-19)21(15)22(17)18;1-3-16-5-9-18(10-6-16)20-13-14-21(22(23)15-20)19-11-7-17(4-2)8-12-19;1-10(2)19(24)26-17-6-5-12(7-14(17)21)13-8-15(22)18(16(23)9-13)27-20(25)11(3)4;1-3-13-5-9-15(10-6-13)16-11-7-14(4-2)8-12-16/h11-20H,1,3H2,2,4-10H3;9-12H,1,3,5-8H2,2,4H3;3-15H,1-2H2;5-9H,1,3H2,2,4H3;3-12H,1-2H2. The monoisotopic (exact) mass is 1800 g/mol. The van der Waals surface area contributed by atoms with Crippen molar-refractivity contribution in [3.8, 4) is 112 Å². The third-order valence-electron chi connectivity index (χ3n) is 21.4. The van der Waals surface area contributed by atoms with Crippen LogP contribution in [0.4, 0.5) is 17.6 Å². The molecule has 0 heterocycles. The Hall–Kier alpha value is -15.0.